The molecule has 0 saturated carbocycles. The first-order valence-corrected chi connectivity index (χ1v) is 5.38. The highest BCUT2D eigenvalue weighted by Gasteiger charge is 2.03. The van der Waals surface area contributed by atoms with Gasteiger partial charge in [0.2, 0.25) is 0 Å². The summed E-state index contributed by atoms with van der Waals surface area (Å²) in [6, 6.07) is 5.61. The summed E-state index contributed by atoms with van der Waals surface area (Å²) < 4.78 is 5.58. The Bertz CT molecular complexity index is 336. The highest BCUT2D eigenvalue weighted by Crippen LogP contribution is 2.23. The van der Waals surface area contributed by atoms with Gasteiger partial charge in [-0.05, 0) is 43.7 Å². The quantitative estimate of drug-likeness (QED) is 0.783. The number of hydrogen-bond donors (Lipinski definition) is 1. The lowest BCUT2D eigenvalue weighted by Crippen LogP contribution is -2.05. The fourth-order valence-electron chi connectivity index (χ4n) is 1.27. The Hall–Kier alpha value is -0.990. The lowest BCUT2D eigenvalue weighted by molar-refractivity contribution is 0.358. The first-order chi connectivity index (χ1) is 7.27. The Morgan fingerprint density at radius 3 is 2.93 bits per heavy atom. The van der Waals surface area contributed by atoms with E-state index in [0.29, 0.717) is 13.2 Å². The average Bonchev–Trinajstić information content (AvgIpc) is 2.22. The maximum Gasteiger partial charge on any atom is 0.123 e. The summed E-state index contributed by atoms with van der Waals surface area (Å²) in [4.78, 5) is 0. The summed E-state index contributed by atoms with van der Waals surface area (Å²) in [5, 5.41) is 0.719. The van der Waals surface area contributed by atoms with Crippen LogP contribution in [-0.4, -0.2) is 13.2 Å². The summed E-state index contributed by atoms with van der Waals surface area (Å²) in [5.74, 6) is 0.864. The molecule has 1 aromatic carbocycles. The van der Waals surface area contributed by atoms with Crippen LogP contribution in [0, 0.1) is 0 Å². The molecule has 0 radical (unpaired) electrons. The van der Waals surface area contributed by atoms with Gasteiger partial charge >= 0.3 is 0 Å². The minimum absolute atomic E-state index is 0.579. The van der Waals surface area contributed by atoms with E-state index < -0.39 is 0 Å². The van der Waals surface area contributed by atoms with Crippen molar-refractivity contribution in [2.24, 2.45) is 5.73 Å². The summed E-state index contributed by atoms with van der Waals surface area (Å²) in [7, 11) is 0. The van der Waals surface area contributed by atoms with Crippen molar-refractivity contribution < 1.29 is 4.74 Å². The third kappa shape index (κ3) is 3.94. The molecule has 82 valence electrons. The second kappa shape index (κ2) is 6.49. The maximum absolute atomic E-state index is 5.90. The summed E-state index contributed by atoms with van der Waals surface area (Å²) in [6.07, 6.45) is 4.70. The normalized spacial score (nSPS) is 10.9. The van der Waals surface area contributed by atoms with Gasteiger partial charge in [0.15, 0.2) is 0 Å². The third-order valence-electron chi connectivity index (χ3n) is 2.01. The van der Waals surface area contributed by atoms with Crippen LogP contribution in [-0.2, 0) is 6.42 Å². The van der Waals surface area contributed by atoms with Gasteiger partial charge in [-0.15, -0.1) is 0 Å². The maximum atomic E-state index is 5.90. The Morgan fingerprint density at radius 1 is 1.47 bits per heavy atom. The van der Waals surface area contributed by atoms with E-state index in [1.807, 2.05) is 37.3 Å². The lowest BCUT2D eigenvalue weighted by atomic mass is 10.1. The average molecular weight is 226 g/mol. The van der Waals surface area contributed by atoms with Crippen LogP contribution in [0.5, 0.6) is 5.75 Å². The first-order valence-electron chi connectivity index (χ1n) is 5.00. The molecule has 2 nitrogen and oxygen atoms in total. The fraction of sp³-hybridized carbons (Fsp3) is 0.333. The van der Waals surface area contributed by atoms with Crippen LogP contribution < -0.4 is 10.5 Å². The van der Waals surface area contributed by atoms with E-state index in [4.69, 9.17) is 22.1 Å². The molecule has 0 heterocycles. The Kier molecular flexibility index (Phi) is 5.22. The highest BCUT2D eigenvalue weighted by atomic mass is 35.5. The molecule has 0 amide bonds. The minimum Gasteiger partial charge on any atom is -0.489 e. The second-order valence-electron chi connectivity index (χ2n) is 3.17. The summed E-state index contributed by atoms with van der Waals surface area (Å²) in [5.41, 5.74) is 6.59. The monoisotopic (exact) mass is 225 g/mol. The van der Waals surface area contributed by atoms with Gasteiger partial charge in [0.05, 0.1) is 0 Å². The van der Waals surface area contributed by atoms with Crippen molar-refractivity contribution in [1.82, 2.24) is 0 Å². The van der Waals surface area contributed by atoms with Crippen LogP contribution >= 0.6 is 11.6 Å². The van der Waals surface area contributed by atoms with Crippen LogP contribution in [0.25, 0.3) is 0 Å². The van der Waals surface area contributed by atoms with Gasteiger partial charge in [-0.3, -0.25) is 0 Å². The van der Waals surface area contributed by atoms with Crippen molar-refractivity contribution in [1.29, 1.82) is 0 Å². The molecule has 2 N–H and O–H groups in total. The van der Waals surface area contributed by atoms with E-state index in [0.717, 1.165) is 22.8 Å². The molecule has 0 aliphatic heterocycles. The van der Waals surface area contributed by atoms with Gasteiger partial charge < -0.3 is 10.5 Å². The van der Waals surface area contributed by atoms with E-state index in [1.165, 1.54) is 0 Å². The predicted molar refractivity (Wildman–Crippen MR) is 64.5 cm³/mol. The molecule has 1 rings (SSSR count). The molecule has 15 heavy (non-hydrogen) atoms. The van der Waals surface area contributed by atoms with Gasteiger partial charge in [-0.2, -0.15) is 0 Å². The first kappa shape index (κ1) is 12.1. The van der Waals surface area contributed by atoms with Crippen molar-refractivity contribution in [3.63, 3.8) is 0 Å². The molecule has 3 heteroatoms. The molecule has 0 fully saturated rings. The molecule has 0 aromatic heterocycles. The van der Waals surface area contributed by atoms with Gasteiger partial charge in [-0.1, -0.05) is 23.8 Å². The molecule has 0 unspecified atom stereocenters. The third-order valence-corrected chi connectivity index (χ3v) is 2.24. The van der Waals surface area contributed by atoms with Crippen LogP contribution in [0.15, 0.2) is 30.4 Å². The zero-order valence-corrected chi connectivity index (χ0v) is 9.63. The Morgan fingerprint density at radius 2 is 2.27 bits per heavy atom. The van der Waals surface area contributed by atoms with Crippen molar-refractivity contribution in [3.05, 3.63) is 40.9 Å². The molecule has 0 saturated heterocycles. The lowest BCUT2D eigenvalue weighted by Gasteiger charge is -2.09. The standard InChI is InChI=1S/C12H16ClNO/c1-2-3-8-15-12-5-4-11(13)9-10(12)6-7-14/h2-5,9H,6-8,14H2,1H3/b3-2+. The van der Waals surface area contributed by atoms with Crippen molar-refractivity contribution in [3.8, 4) is 5.75 Å². The SMILES string of the molecule is C/C=C/COc1ccc(Cl)cc1CCN. The smallest absolute Gasteiger partial charge is 0.123 e. The fourth-order valence-corrected chi connectivity index (χ4v) is 1.47. The highest BCUT2D eigenvalue weighted by molar-refractivity contribution is 6.30. The van der Waals surface area contributed by atoms with Crippen molar-refractivity contribution in [2.75, 3.05) is 13.2 Å². The van der Waals surface area contributed by atoms with Crippen molar-refractivity contribution >= 4 is 11.6 Å². The predicted octanol–water partition coefficient (Wildman–Crippen LogP) is 2.80. The molecule has 0 bridgehead atoms. The molecular weight excluding hydrogens is 210 g/mol. The van der Waals surface area contributed by atoms with Gasteiger partial charge in [0.25, 0.3) is 0 Å². The van der Waals surface area contributed by atoms with Gasteiger partial charge in [-0.25, -0.2) is 0 Å². The number of rotatable bonds is 5. The van der Waals surface area contributed by atoms with E-state index in [1.54, 1.807) is 0 Å². The van der Waals surface area contributed by atoms with E-state index in [9.17, 15) is 0 Å². The summed E-state index contributed by atoms with van der Waals surface area (Å²) in [6.45, 7) is 3.14. The zero-order chi connectivity index (χ0) is 11.1. The molecule has 1 aromatic rings. The number of hydrogen-bond acceptors (Lipinski definition) is 2. The van der Waals surface area contributed by atoms with E-state index in [2.05, 4.69) is 0 Å². The van der Waals surface area contributed by atoms with E-state index in [-0.39, 0.29) is 0 Å². The molecule has 0 spiro atoms. The number of nitrogens with two attached hydrogens (primary N) is 1. The minimum atomic E-state index is 0.579. The number of benzene rings is 1. The molecule has 0 aliphatic carbocycles. The van der Waals surface area contributed by atoms with Crippen LogP contribution in [0.1, 0.15) is 12.5 Å². The number of allylic oxidation sites excluding steroid dienone is 1. The zero-order valence-electron chi connectivity index (χ0n) is 8.87. The summed E-state index contributed by atoms with van der Waals surface area (Å²) >= 11 is 5.90. The van der Waals surface area contributed by atoms with Crippen LogP contribution in [0.4, 0.5) is 0 Å². The van der Waals surface area contributed by atoms with Crippen molar-refractivity contribution in [2.45, 2.75) is 13.3 Å². The van der Waals surface area contributed by atoms with Crippen LogP contribution in [0.2, 0.25) is 5.02 Å². The van der Waals surface area contributed by atoms with Gasteiger partial charge in [0.1, 0.15) is 12.4 Å². The molecular formula is C12H16ClNO. The number of ether oxygens (including phenoxy) is 1. The molecule has 0 atom stereocenters. The molecule has 0 aliphatic rings. The van der Waals surface area contributed by atoms with Crippen LogP contribution in [0.3, 0.4) is 0 Å². The largest absolute Gasteiger partial charge is 0.489 e. The van der Waals surface area contributed by atoms with E-state index >= 15 is 0 Å². The second-order valence-corrected chi connectivity index (χ2v) is 3.61. The number of halogens is 1. The topological polar surface area (TPSA) is 35.2 Å². The Balaban J connectivity index is 2.75. The van der Waals surface area contributed by atoms with Gasteiger partial charge in [0, 0.05) is 5.02 Å². The Labute approximate surface area is 95.7 Å².